The number of carboxylic acids is 1. The van der Waals surface area contributed by atoms with Gasteiger partial charge in [-0.2, -0.15) is 0 Å². The van der Waals surface area contributed by atoms with Crippen molar-refractivity contribution >= 4 is 11.9 Å². The van der Waals surface area contributed by atoms with Gasteiger partial charge in [-0.3, -0.25) is 9.59 Å². The van der Waals surface area contributed by atoms with Crippen molar-refractivity contribution in [2.75, 3.05) is 40.8 Å². The second kappa shape index (κ2) is 7.49. The smallest absolute Gasteiger partial charge is 0.323 e. The molecule has 2 N–H and O–H groups in total. The number of hydrogen-bond acceptors (Lipinski definition) is 5. The third kappa shape index (κ3) is 4.96. The minimum atomic E-state index is -1.08. The van der Waals surface area contributed by atoms with Crippen LogP contribution in [0.5, 0.6) is 11.5 Å². The van der Waals surface area contributed by atoms with E-state index >= 15 is 0 Å². The first-order valence-electron chi connectivity index (χ1n) is 6.38. The molecule has 0 unspecified atom stereocenters. The SMILES string of the molecule is COc1ccc(C(=O)N(CCN(C)C)CC(=O)O)cc1O. The molecule has 0 saturated carbocycles. The average molecular weight is 296 g/mol. The van der Waals surface area contributed by atoms with Crippen molar-refractivity contribution in [1.29, 1.82) is 0 Å². The number of benzene rings is 1. The molecule has 1 aromatic carbocycles. The van der Waals surface area contributed by atoms with E-state index in [4.69, 9.17) is 9.84 Å². The summed E-state index contributed by atoms with van der Waals surface area (Å²) in [6.07, 6.45) is 0. The van der Waals surface area contributed by atoms with E-state index in [0.717, 1.165) is 0 Å². The number of phenols is 1. The number of carboxylic acid groups (broad SMARTS) is 1. The Bertz CT molecular complexity index is 516. The minimum absolute atomic E-state index is 0.161. The Balaban J connectivity index is 2.92. The standard InChI is InChI=1S/C14H20N2O5/c1-15(2)6-7-16(9-13(18)19)14(20)10-4-5-12(21-3)11(17)8-10/h4-5,8,17H,6-7,9H2,1-3H3,(H,18,19). The zero-order valence-corrected chi connectivity index (χ0v) is 12.4. The lowest BCUT2D eigenvalue weighted by Crippen LogP contribution is -2.40. The Morgan fingerprint density at radius 2 is 1.90 bits per heavy atom. The maximum absolute atomic E-state index is 12.3. The number of likely N-dealkylation sites (N-methyl/N-ethyl adjacent to an activating group) is 1. The molecule has 1 amide bonds. The molecule has 7 nitrogen and oxygen atoms in total. The fourth-order valence-electron chi connectivity index (χ4n) is 1.74. The van der Waals surface area contributed by atoms with E-state index in [2.05, 4.69) is 0 Å². The fraction of sp³-hybridized carbons (Fsp3) is 0.429. The number of hydrogen-bond donors (Lipinski definition) is 2. The third-order valence-electron chi connectivity index (χ3n) is 2.86. The van der Waals surface area contributed by atoms with Gasteiger partial charge in [0.05, 0.1) is 7.11 Å². The molecule has 7 heteroatoms. The highest BCUT2D eigenvalue weighted by Crippen LogP contribution is 2.26. The Hall–Kier alpha value is -2.28. The number of ether oxygens (including phenoxy) is 1. The number of aliphatic carboxylic acids is 1. The van der Waals surface area contributed by atoms with Crippen molar-refractivity contribution in [2.45, 2.75) is 0 Å². The van der Waals surface area contributed by atoms with E-state index in [1.54, 1.807) is 0 Å². The summed E-state index contributed by atoms with van der Waals surface area (Å²) in [6.45, 7) is 0.436. The predicted octanol–water partition coefficient (Wildman–Crippen LogP) is 0.489. The summed E-state index contributed by atoms with van der Waals surface area (Å²) in [5.41, 5.74) is 0.216. The van der Waals surface area contributed by atoms with Gasteiger partial charge in [0.2, 0.25) is 0 Å². The van der Waals surface area contributed by atoms with Crippen LogP contribution in [0.2, 0.25) is 0 Å². The molecule has 0 bridgehead atoms. The molecule has 0 aliphatic carbocycles. The van der Waals surface area contributed by atoms with Gasteiger partial charge in [-0.15, -0.1) is 0 Å². The predicted molar refractivity (Wildman–Crippen MR) is 76.8 cm³/mol. The summed E-state index contributed by atoms with van der Waals surface area (Å²) in [5.74, 6) is -1.44. The van der Waals surface area contributed by atoms with Crippen molar-refractivity contribution < 1.29 is 24.5 Å². The Kier molecular flexibility index (Phi) is 5.98. The van der Waals surface area contributed by atoms with Crippen LogP contribution in [0.15, 0.2) is 18.2 Å². The first-order chi connectivity index (χ1) is 9.85. The number of carbonyl (C=O) groups is 2. The summed E-state index contributed by atoms with van der Waals surface area (Å²) in [7, 11) is 5.08. The van der Waals surface area contributed by atoms with Crippen LogP contribution in [-0.2, 0) is 4.79 Å². The summed E-state index contributed by atoms with van der Waals surface area (Å²) >= 11 is 0. The van der Waals surface area contributed by atoms with Gasteiger partial charge in [0.15, 0.2) is 11.5 Å². The second-order valence-electron chi connectivity index (χ2n) is 4.81. The molecular formula is C14H20N2O5. The van der Waals surface area contributed by atoms with Crippen LogP contribution in [0, 0.1) is 0 Å². The number of amides is 1. The van der Waals surface area contributed by atoms with Crippen LogP contribution in [0.3, 0.4) is 0 Å². The largest absolute Gasteiger partial charge is 0.504 e. The van der Waals surface area contributed by atoms with Gasteiger partial charge in [-0.05, 0) is 32.3 Å². The van der Waals surface area contributed by atoms with Crippen LogP contribution in [0.1, 0.15) is 10.4 Å². The molecule has 0 aliphatic heterocycles. The van der Waals surface area contributed by atoms with Crippen LogP contribution in [-0.4, -0.2) is 72.7 Å². The number of phenolic OH excluding ortho intramolecular Hbond substituents is 1. The summed E-state index contributed by atoms with van der Waals surface area (Å²) in [6, 6.07) is 4.23. The van der Waals surface area contributed by atoms with Gasteiger partial charge in [0, 0.05) is 18.7 Å². The third-order valence-corrected chi connectivity index (χ3v) is 2.86. The first kappa shape index (κ1) is 16.8. The van der Waals surface area contributed by atoms with Gasteiger partial charge in [-0.25, -0.2) is 0 Å². The molecule has 0 radical (unpaired) electrons. The van der Waals surface area contributed by atoms with E-state index < -0.39 is 11.9 Å². The molecule has 0 aromatic heterocycles. The van der Waals surface area contributed by atoms with E-state index in [0.29, 0.717) is 6.54 Å². The van der Waals surface area contributed by atoms with E-state index in [1.165, 1.54) is 30.2 Å². The zero-order chi connectivity index (χ0) is 16.0. The molecule has 0 spiro atoms. The Morgan fingerprint density at radius 3 is 2.38 bits per heavy atom. The normalized spacial score (nSPS) is 10.5. The molecule has 0 heterocycles. The lowest BCUT2D eigenvalue weighted by atomic mass is 10.1. The van der Waals surface area contributed by atoms with E-state index in [-0.39, 0.29) is 30.2 Å². The Labute approximate surface area is 123 Å². The number of rotatable bonds is 7. The molecule has 0 fully saturated rings. The molecular weight excluding hydrogens is 276 g/mol. The summed E-state index contributed by atoms with van der Waals surface area (Å²) < 4.78 is 4.91. The summed E-state index contributed by atoms with van der Waals surface area (Å²) in [4.78, 5) is 26.3. The molecule has 1 rings (SSSR count). The molecule has 0 saturated heterocycles. The molecule has 21 heavy (non-hydrogen) atoms. The number of nitrogens with zero attached hydrogens (tertiary/aromatic N) is 2. The monoisotopic (exact) mass is 296 g/mol. The highest BCUT2D eigenvalue weighted by Gasteiger charge is 2.19. The Morgan fingerprint density at radius 1 is 1.24 bits per heavy atom. The van der Waals surface area contributed by atoms with Crippen LogP contribution in [0.4, 0.5) is 0 Å². The molecule has 1 aromatic rings. The summed E-state index contributed by atoms with van der Waals surface area (Å²) in [5, 5.41) is 18.6. The highest BCUT2D eigenvalue weighted by atomic mass is 16.5. The van der Waals surface area contributed by atoms with Crippen molar-refractivity contribution in [2.24, 2.45) is 0 Å². The van der Waals surface area contributed by atoms with Crippen LogP contribution >= 0.6 is 0 Å². The van der Waals surface area contributed by atoms with Crippen molar-refractivity contribution in [1.82, 2.24) is 9.80 Å². The minimum Gasteiger partial charge on any atom is -0.504 e. The first-order valence-corrected chi connectivity index (χ1v) is 6.38. The zero-order valence-electron chi connectivity index (χ0n) is 12.4. The molecule has 0 atom stereocenters. The lowest BCUT2D eigenvalue weighted by Gasteiger charge is -2.23. The van der Waals surface area contributed by atoms with Gasteiger partial charge in [0.25, 0.3) is 5.91 Å². The molecule has 116 valence electrons. The quantitative estimate of drug-likeness (QED) is 0.761. The lowest BCUT2D eigenvalue weighted by molar-refractivity contribution is -0.137. The van der Waals surface area contributed by atoms with Gasteiger partial charge in [-0.1, -0.05) is 0 Å². The topological polar surface area (TPSA) is 90.3 Å². The number of carbonyl (C=O) groups excluding carboxylic acids is 1. The van der Waals surface area contributed by atoms with Crippen molar-refractivity contribution in [3.63, 3.8) is 0 Å². The van der Waals surface area contributed by atoms with E-state index in [1.807, 2.05) is 19.0 Å². The number of aromatic hydroxyl groups is 1. The molecule has 0 aliphatic rings. The van der Waals surface area contributed by atoms with Crippen LogP contribution in [0.25, 0.3) is 0 Å². The maximum Gasteiger partial charge on any atom is 0.323 e. The fourth-order valence-corrected chi connectivity index (χ4v) is 1.74. The highest BCUT2D eigenvalue weighted by molar-refractivity contribution is 5.96. The maximum atomic E-state index is 12.3. The van der Waals surface area contributed by atoms with Gasteiger partial charge in [0.1, 0.15) is 6.54 Å². The van der Waals surface area contributed by atoms with Gasteiger partial charge < -0.3 is 24.7 Å². The van der Waals surface area contributed by atoms with Crippen molar-refractivity contribution in [3.8, 4) is 11.5 Å². The van der Waals surface area contributed by atoms with E-state index in [9.17, 15) is 14.7 Å². The van der Waals surface area contributed by atoms with Crippen molar-refractivity contribution in [3.05, 3.63) is 23.8 Å². The van der Waals surface area contributed by atoms with Crippen LogP contribution < -0.4 is 4.74 Å². The average Bonchev–Trinajstić information content (AvgIpc) is 2.42. The van der Waals surface area contributed by atoms with Gasteiger partial charge >= 0.3 is 5.97 Å². The number of methoxy groups -OCH3 is 1. The second-order valence-corrected chi connectivity index (χ2v) is 4.81.